The molecule has 0 aromatic rings. The van der Waals surface area contributed by atoms with E-state index in [0.717, 1.165) is 0 Å². The van der Waals surface area contributed by atoms with Crippen LogP contribution in [0.2, 0.25) is 0 Å². The molecular weight excluding hydrogens is 257 g/mol. The standard InChI is InChI=1S/C13H23F3N2O/c1-8(2)11(17)7-18-12(19)9-5-3-4-6-10(9)13(14,15)16/h8-11H,3-7,17H2,1-2H3,(H,18,19). The van der Waals surface area contributed by atoms with E-state index in [1.54, 1.807) is 0 Å². The fraction of sp³-hybridized carbons (Fsp3) is 0.923. The second-order valence-electron chi connectivity index (χ2n) is 5.69. The van der Waals surface area contributed by atoms with Crippen LogP contribution < -0.4 is 11.1 Å². The summed E-state index contributed by atoms with van der Waals surface area (Å²) in [5.74, 6) is -2.77. The van der Waals surface area contributed by atoms with Gasteiger partial charge in [0.1, 0.15) is 0 Å². The molecule has 1 saturated carbocycles. The van der Waals surface area contributed by atoms with Crippen LogP contribution in [-0.2, 0) is 4.79 Å². The Bertz CT molecular complexity index is 305. The summed E-state index contributed by atoms with van der Waals surface area (Å²) in [6.45, 7) is 4.06. The van der Waals surface area contributed by atoms with Gasteiger partial charge in [0, 0.05) is 18.5 Å². The normalized spacial score (nSPS) is 26.3. The van der Waals surface area contributed by atoms with E-state index in [4.69, 9.17) is 5.73 Å². The zero-order valence-electron chi connectivity index (χ0n) is 11.5. The number of hydrogen-bond donors (Lipinski definition) is 2. The zero-order valence-corrected chi connectivity index (χ0v) is 11.5. The lowest BCUT2D eigenvalue weighted by molar-refractivity contribution is -0.198. The summed E-state index contributed by atoms with van der Waals surface area (Å²) in [6.07, 6.45) is -2.70. The average Bonchev–Trinajstić information content (AvgIpc) is 2.34. The smallest absolute Gasteiger partial charge is 0.354 e. The van der Waals surface area contributed by atoms with E-state index in [0.29, 0.717) is 19.3 Å². The fourth-order valence-electron chi connectivity index (χ4n) is 2.42. The third-order valence-corrected chi connectivity index (χ3v) is 3.89. The number of alkyl halides is 3. The molecule has 3 nitrogen and oxygen atoms in total. The van der Waals surface area contributed by atoms with E-state index in [9.17, 15) is 18.0 Å². The summed E-state index contributed by atoms with van der Waals surface area (Å²) in [5.41, 5.74) is 5.78. The molecule has 0 spiro atoms. The molecule has 112 valence electrons. The van der Waals surface area contributed by atoms with Gasteiger partial charge in [0.2, 0.25) is 5.91 Å². The van der Waals surface area contributed by atoms with Crippen molar-refractivity contribution in [3.63, 3.8) is 0 Å². The molecule has 0 radical (unpaired) electrons. The van der Waals surface area contributed by atoms with E-state index in [2.05, 4.69) is 5.32 Å². The predicted octanol–water partition coefficient (Wildman–Crippen LogP) is 2.45. The highest BCUT2D eigenvalue weighted by Gasteiger charge is 2.47. The molecule has 1 amide bonds. The second kappa shape index (κ2) is 6.59. The molecule has 1 fully saturated rings. The van der Waals surface area contributed by atoms with E-state index < -0.39 is 23.9 Å². The molecule has 3 unspecified atom stereocenters. The second-order valence-corrected chi connectivity index (χ2v) is 5.69. The van der Waals surface area contributed by atoms with Gasteiger partial charge < -0.3 is 11.1 Å². The summed E-state index contributed by atoms with van der Waals surface area (Å²) in [7, 11) is 0. The van der Waals surface area contributed by atoms with E-state index in [1.807, 2.05) is 13.8 Å². The van der Waals surface area contributed by atoms with Crippen LogP contribution in [0, 0.1) is 17.8 Å². The maximum atomic E-state index is 12.9. The van der Waals surface area contributed by atoms with Gasteiger partial charge in [-0.05, 0) is 18.8 Å². The van der Waals surface area contributed by atoms with Crippen LogP contribution in [0.1, 0.15) is 39.5 Å². The number of hydrogen-bond acceptors (Lipinski definition) is 2. The number of nitrogens with two attached hydrogens (primary N) is 1. The topological polar surface area (TPSA) is 55.1 Å². The van der Waals surface area contributed by atoms with Crippen molar-refractivity contribution in [3.05, 3.63) is 0 Å². The third-order valence-electron chi connectivity index (χ3n) is 3.89. The maximum absolute atomic E-state index is 12.9. The van der Waals surface area contributed by atoms with Gasteiger partial charge in [-0.1, -0.05) is 26.7 Å². The summed E-state index contributed by atoms with van der Waals surface area (Å²) in [5, 5.41) is 2.57. The molecule has 0 heterocycles. The van der Waals surface area contributed by atoms with Crippen molar-refractivity contribution in [2.24, 2.45) is 23.5 Å². The lowest BCUT2D eigenvalue weighted by Gasteiger charge is -2.32. The van der Waals surface area contributed by atoms with Crippen molar-refractivity contribution in [2.75, 3.05) is 6.54 Å². The first kappa shape index (κ1) is 16.3. The molecule has 1 rings (SSSR count). The van der Waals surface area contributed by atoms with E-state index >= 15 is 0 Å². The predicted molar refractivity (Wildman–Crippen MR) is 67.3 cm³/mol. The number of halogens is 3. The van der Waals surface area contributed by atoms with Crippen LogP contribution in [-0.4, -0.2) is 24.7 Å². The largest absolute Gasteiger partial charge is 0.392 e. The number of amides is 1. The van der Waals surface area contributed by atoms with Crippen LogP contribution in [0.4, 0.5) is 13.2 Å². The van der Waals surface area contributed by atoms with Crippen LogP contribution in [0.3, 0.4) is 0 Å². The summed E-state index contributed by atoms with van der Waals surface area (Å²) < 4.78 is 38.6. The molecule has 0 saturated heterocycles. The van der Waals surface area contributed by atoms with Gasteiger partial charge in [-0.25, -0.2) is 0 Å². The SMILES string of the molecule is CC(C)C(N)CNC(=O)C1CCCCC1C(F)(F)F. The Morgan fingerprint density at radius 2 is 1.89 bits per heavy atom. The van der Waals surface area contributed by atoms with Crippen molar-refractivity contribution >= 4 is 5.91 Å². The number of rotatable bonds is 4. The van der Waals surface area contributed by atoms with Crippen LogP contribution >= 0.6 is 0 Å². The Hall–Kier alpha value is -0.780. The van der Waals surface area contributed by atoms with Gasteiger partial charge in [-0.3, -0.25) is 4.79 Å². The van der Waals surface area contributed by atoms with Gasteiger partial charge >= 0.3 is 6.18 Å². The zero-order chi connectivity index (χ0) is 14.6. The molecule has 0 bridgehead atoms. The monoisotopic (exact) mass is 280 g/mol. The van der Waals surface area contributed by atoms with E-state index in [1.165, 1.54) is 0 Å². The Morgan fingerprint density at radius 1 is 1.32 bits per heavy atom. The highest BCUT2D eigenvalue weighted by atomic mass is 19.4. The van der Waals surface area contributed by atoms with Crippen LogP contribution in [0.15, 0.2) is 0 Å². The molecule has 6 heteroatoms. The lowest BCUT2D eigenvalue weighted by Crippen LogP contribution is -2.46. The van der Waals surface area contributed by atoms with Gasteiger partial charge in [-0.15, -0.1) is 0 Å². The molecule has 0 aromatic heterocycles. The summed E-state index contributed by atoms with van der Waals surface area (Å²) >= 11 is 0. The number of nitrogens with one attached hydrogen (secondary N) is 1. The van der Waals surface area contributed by atoms with Crippen molar-refractivity contribution in [2.45, 2.75) is 51.7 Å². The average molecular weight is 280 g/mol. The van der Waals surface area contributed by atoms with Gasteiger partial charge in [0.15, 0.2) is 0 Å². The van der Waals surface area contributed by atoms with Gasteiger partial charge in [-0.2, -0.15) is 13.2 Å². The molecule has 0 aromatic carbocycles. The van der Waals surface area contributed by atoms with Crippen LogP contribution in [0.25, 0.3) is 0 Å². The van der Waals surface area contributed by atoms with Crippen molar-refractivity contribution < 1.29 is 18.0 Å². The molecule has 3 N–H and O–H groups in total. The minimum Gasteiger partial charge on any atom is -0.354 e. The Morgan fingerprint density at radius 3 is 2.42 bits per heavy atom. The van der Waals surface area contributed by atoms with Crippen molar-refractivity contribution in [1.82, 2.24) is 5.32 Å². The first-order valence-electron chi connectivity index (χ1n) is 6.83. The lowest BCUT2D eigenvalue weighted by atomic mass is 9.78. The first-order valence-corrected chi connectivity index (χ1v) is 6.83. The molecule has 1 aliphatic rings. The highest BCUT2D eigenvalue weighted by Crippen LogP contribution is 2.41. The van der Waals surface area contributed by atoms with Crippen LogP contribution in [0.5, 0.6) is 0 Å². The van der Waals surface area contributed by atoms with Crippen molar-refractivity contribution in [1.29, 1.82) is 0 Å². The third kappa shape index (κ3) is 4.67. The van der Waals surface area contributed by atoms with Gasteiger partial charge in [0.25, 0.3) is 0 Å². The molecular formula is C13H23F3N2O. The number of carbonyl (C=O) groups excluding carboxylic acids is 1. The highest BCUT2D eigenvalue weighted by molar-refractivity contribution is 5.79. The summed E-state index contributed by atoms with van der Waals surface area (Å²) in [4.78, 5) is 11.9. The Balaban J connectivity index is 2.58. The Kier molecular flexibility index (Phi) is 5.64. The molecule has 0 aliphatic heterocycles. The molecule has 1 aliphatic carbocycles. The number of carbonyl (C=O) groups is 1. The minimum atomic E-state index is -4.29. The fourth-order valence-corrected chi connectivity index (χ4v) is 2.42. The van der Waals surface area contributed by atoms with Gasteiger partial charge in [0.05, 0.1) is 5.92 Å². The minimum absolute atomic E-state index is 0.0534. The molecule has 3 atom stereocenters. The van der Waals surface area contributed by atoms with Crippen molar-refractivity contribution in [3.8, 4) is 0 Å². The molecule has 19 heavy (non-hydrogen) atoms. The first-order chi connectivity index (χ1) is 8.73. The maximum Gasteiger partial charge on any atom is 0.392 e. The Labute approximate surface area is 112 Å². The van der Waals surface area contributed by atoms with E-state index in [-0.39, 0.29) is 24.9 Å². The quantitative estimate of drug-likeness (QED) is 0.831. The summed E-state index contributed by atoms with van der Waals surface area (Å²) in [6, 6.07) is -0.225.